The molecule has 0 saturated heterocycles. The minimum absolute atomic E-state index is 0.0844. The van der Waals surface area contributed by atoms with Gasteiger partial charge < -0.3 is 9.47 Å². The van der Waals surface area contributed by atoms with Crippen LogP contribution in [-0.4, -0.2) is 17.9 Å². The summed E-state index contributed by atoms with van der Waals surface area (Å²) in [5.74, 6) is -0.0576. The molecule has 1 atom stereocenters. The molecule has 0 aliphatic heterocycles. The second-order valence-electron chi connectivity index (χ2n) is 6.60. The van der Waals surface area contributed by atoms with Crippen molar-refractivity contribution in [2.45, 2.75) is 26.1 Å². The Balaban J connectivity index is 1.52. The summed E-state index contributed by atoms with van der Waals surface area (Å²) in [6.45, 7) is 2.02. The predicted octanol–water partition coefficient (Wildman–Crippen LogP) is 5.28. The molecule has 0 aromatic heterocycles. The molecule has 0 amide bonds. The molecular weight excluding hydrogens is 388 g/mol. The number of hydrogen-bond donors (Lipinski definition) is 0. The lowest BCUT2D eigenvalue weighted by molar-refractivity contribution is -0.145. The zero-order chi connectivity index (χ0) is 20.6. The zero-order valence-corrected chi connectivity index (χ0v) is 16.8. The van der Waals surface area contributed by atoms with Gasteiger partial charge in [0.15, 0.2) is 6.10 Å². The molecule has 29 heavy (non-hydrogen) atoms. The van der Waals surface area contributed by atoms with E-state index in [2.05, 4.69) is 0 Å². The summed E-state index contributed by atoms with van der Waals surface area (Å²) in [5.41, 5.74) is 2.30. The van der Waals surface area contributed by atoms with Gasteiger partial charge >= 0.3 is 5.97 Å². The molecule has 0 spiro atoms. The van der Waals surface area contributed by atoms with Gasteiger partial charge in [0, 0.05) is 10.6 Å². The van der Waals surface area contributed by atoms with Crippen molar-refractivity contribution in [1.82, 2.24) is 0 Å². The Hall–Kier alpha value is -3.11. The second-order valence-corrected chi connectivity index (χ2v) is 7.03. The lowest BCUT2D eigenvalue weighted by atomic mass is 10.1. The number of benzene rings is 3. The normalized spacial score (nSPS) is 11.5. The van der Waals surface area contributed by atoms with Crippen LogP contribution in [0, 0.1) is 0 Å². The fourth-order valence-electron chi connectivity index (χ4n) is 2.75. The number of ether oxygens (including phenoxy) is 2. The molecular formula is C24H21ClO4. The number of hydrogen-bond acceptors (Lipinski definition) is 4. The number of carbonyl (C=O) groups excluding carboxylic acids is 2. The van der Waals surface area contributed by atoms with Crippen LogP contribution in [0.1, 0.15) is 28.4 Å². The van der Waals surface area contributed by atoms with Crippen molar-refractivity contribution in [3.8, 4) is 5.75 Å². The van der Waals surface area contributed by atoms with Crippen LogP contribution in [0.15, 0.2) is 78.9 Å². The number of Topliss-reactive ketones (excluding diaryl/α,β-unsaturated/α-hetero) is 1. The molecule has 3 aromatic carbocycles. The quantitative estimate of drug-likeness (QED) is 0.376. The Kier molecular flexibility index (Phi) is 7.04. The van der Waals surface area contributed by atoms with E-state index >= 15 is 0 Å². The third-order valence-corrected chi connectivity index (χ3v) is 4.58. The average molecular weight is 409 g/mol. The number of rotatable bonds is 8. The SMILES string of the molecule is CC(OC(=O)Cc1ccc(Cl)cc1)C(=O)c1ccc(OCc2ccccc2)cc1. The van der Waals surface area contributed by atoms with Crippen molar-refractivity contribution in [2.75, 3.05) is 0 Å². The summed E-state index contributed by atoms with van der Waals surface area (Å²) in [7, 11) is 0. The standard InChI is InChI=1S/C24H21ClO4/c1-17(29-23(26)15-18-7-11-21(25)12-8-18)24(27)20-9-13-22(14-10-20)28-16-19-5-3-2-4-6-19/h2-14,17H,15-16H2,1H3. The third kappa shape index (κ3) is 6.19. The molecule has 0 heterocycles. The fourth-order valence-corrected chi connectivity index (χ4v) is 2.88. The first-order valence-electron chi connectivity index (χ1n) is 9.26. The van der Waals surface area contributed by atoms with Gasteiger partial charge in [-0.1, -0.05) is 54.1 Å². The smallest absolute Gasteiger partial charge is 0.310 e. The van der Waals surface area contributed by atoms with Crippen LogP contribution in [0.25, 0.3) is 0 Å². The van der Waals surface area contributed by atoms with E-state index < -0.39 is 12.1 Å². The Morgan fingerprint density at radius 2 is 1.52 bits per heavy atom. The van der Waals surface area contributed by atoms with Gasteiger partial charge in [0.2, 0.25) is 5.78 Å². The van der Waals surface area contributed by atoms with Crippen LogP contribution in [0.2, 0.25) is 5.02 Å². The van der Waals surface area contributed by atoms with Crippen LogP contribution >= 0.6 is 11.6 Å². The molecule has 3 aromatic rings. The molecule has 148 valence electrons. The molecule has 4 nitrogen and oxygen atoms in total. The van der Waals surface area contributed by atoms with Crippen LogP contribution in [0.4, 0.5) is 0 Å². The van der Waals surface area contributed by atoms with Gasteiger partial charge in [0.1, 0.15) is 12.4 Å². The first-order valence-corrected chi connectivity index (χ1v) is 9.64. The van der Waals surface area contributed by atoms with Gasteiger partial charge in [0.25, 0.3) is 0 Å². The summed E-state index contributed by atoms with van der Waals surface area (Å²) < 4.78 is 11.0. The van der Waals surface area contributed by atoms with Crippen LogP contribution < -0.4 is 4.74 Å². The second kappa shape index (κ2) is 9.89. The number of ketones is 1. The van der Waals surface area contributed by atoms with E-state index in [0.29, 0.717) is 22.9 Å². The topological polar surface area (TPSA) is 52.6 Å². The molecule has 0 aliphatic rings. The van der Waals surface area contributed by atoms with Crippen molar-refractivity contribution >= 4 is 23.4 Å². The van der Waals surface area contributed by atoms with Crippen LogP contribution in [0.3, 0.4) is 0 Å². The highest BCUT2D eigenvalue weighted by atomic mass is 35.5. The summed E-state index contributed by atoms with van der Waals surface area (Å²) >= 11 is 5.83. The molecule has 0 aliphatic carbocycles. The molecule has 0 N–H and O–H groups in total. The summed E-state index contributed by atoms with van der Waals surface area (Å²) in [4.78, 5) is 24.6. The lowest BCUT2D eigenvalue weighted by Gasteiger charge is -2.13. The van der Waals surface area contributed by atoms with E-state index in [4.69, 9.17) is 21.1 Å². The van der Waals surface area contributed by atoms with Crippen LogP contribution in [0.5, 0.6) is 5.75 Å². The highest BCUT2D eigenvalue weighted by Crippen LogP contribution is 2.17. The molecule has 0 radical (unpaired) electrons. The molecule has 5 heteroatoms. The minimum atomic E-state index is -0.870. The Morgan fingerprint density at radius 3 is 2.17 bits per heavy atom. The van der Waals surface area contributed by atoms with Gasteiger partial charge in [-0.3, -0.25) is 9.59 Å². The van der Waals surface area contributed by atoms with E-state index in [1.807, 2.05) is 30.3 Å². The maximum atomic E-state index is 12.5. The fraction of sp³-hybridized carbons (Fsp3) is 0.167. The molecule has 1 unspecified atom stereocenters. The highest BCUT2D eigenvalue weighted by Gasteiger charge is 2.19. The molecule has 3 rings (SSSR count). The van der Waals surface area contributed by atoms with E-state index in [1.165, 1.54) is 0 Å². The van der Waals surface area contributed by atoms with Gasteiger partial charge in [-0.05, 0) is 54.4 Å². The minimum Gasteiger partial charge on any atom is -0.489 e. The number of halogens is 1. The molecule has 0 fully saturated rings. The lowest BCUT2D eigenvalue weighted by Crippen LogP contribution is -2.25. The van der Waals surface area contributed by atoms with Gasteiger partial charge in [-0.15, -0.1) is 0 Å². The number of esters is 1. The maximum Gasteiger partial charge on any atom is 0.310 e. The van der Waals surface area contributed by atoms with Crippen LogP contribution in [-0.2, 0) is 22.6 Å². The third-order valence-electron chi connectivity index (χ3n) is 4.33. The van der Waals surface area contributed by atoms with E-state index in [1.54, 1.807) is 55.5 Å². The van der Waals surface area contributed by atoms with Crippen molar-refractivity contribution in [3.05, 3.63) is 101 Å². The van der Waals surface area contributed by atoms with Gasteiger partial charge in [-0.25, -0.2) is 0 Å². The van der Waals surface area contributed by atoms with Gasteiger partial charge in [-0.2, -0.15) is 0 Å². The zero-order valence-electron chi connectivity index (χ0n) is 16.0. The number of carbonyl (C=O) groups is 2. The van der Waals surface area contributed by atoms with E-state index in [0.717, 1.165) is 11.1 Å². The van der Waals surface area contributed by atoms with E-state index in [-0.39, 0.29) is 12.2 Å². The average Bonchev–Trinajstić information content (AvgIpc) is 2.74. The van der Waals surface area contributed by atoms with Crippen molar-refractivity contribution < 1.29 is 19.1 Å². The summed E-state index contributed by atoms with van der Waals surface area (Å²) in [6.07, 6.45) is -0.785. The monoisotopic (exact) mass is 408 g/mol. The molecule has 0 saturated carbocycles. The van der Waals surface area contributed by atoms with Crippen molar-refractivity contribution in [1.29, 1.82) is 0 Å². The first kappa shape index (κ1) is 20.6. The van der Waals surface area contributed by atoms with Gasteiger partial charge in [0.05, 0.1) is 6.42 Å². The van der Waals surface area contributed by atoms with E-state index in [9.17, 15) is 9.59 Å². The Morgan fingerprint density at radius 1 is 0.862 bits per heavy atom. The van der Waals surface area contributed by atoms with Crippen molar-refractivity contribution in [3.63, 3.8) is 0 Å². The summed E-state index contributed by atoms with van der Waals surface area (Å²) in [6, 6.07) is 23.6. The Labute approximate surface area is 175 Å². The Bertz CT molecular complexity index is 950. The first-order chi connectivity index (χ1) is 14.0. The predicted molar refractivity (Wildman–Crippen MR) is 112 cm³/mol. The summed E-state index contributed by atoms with van der Waals surface area (Å²) in [5, 5.41) is 0.599. The largest absolute Gasteiger partial charge is 0.489 e. The molecule has 0 bridgehead atoms. The highest BCUT2D eigenvalue weighted by molar-refractivity contribution is 6.30. The van der Waals surface area contributed by atoms with Crippen molar-refractivity contribution in [2.24, 2.45) is 0 Å². The maximum absolute atomic E-state index is 12.5.